The normalized spacial score (nSPS) is 11.5. The van der Waals surface area contributed by atoms with E-state index in [9.17, 15) is 0 Å². The molecule has 0 fully saturated rings. The molecule has 0 saturated carbocycles. The predicted molar refractivity (Wildman–Crippen MR) is 237 cm³/mol. The van der Waals surface area contributed by atoms with E-state index in [0.29, 0.717) is 5.82 Å². The molecule has 0 spiro atoms. The van der Waals surface area contributed by atoms with E-state index in [4.69, 9.17) is 14.4 Å². The molecular formula is C54H34N2O. The molecule has 2 aromatic heterocycles. The molecule has 0 saturated heterocycles. The summed E-state index contributed by atoms with van der Waals surface area (Å²) in [6, 6.07) is 73.0. The minimum atomic E-state index is 0.684. The average molecular weight is 727 g/mol. The molecule has 0 amide bonds. The van der Waals surface area contributed by atoms with Gasteiger partial charge >= 0.3 is 0 Å². The summed E-state index contributed by atoms with van der Waals surface area (Å²) in [7, 11) is 0. The van der Waals surface area contributed by atoms with Crippen LogP contribution in [0.3, 0.4) is 0 Å². The molecular weight excluding hydrogens is 693 g/mol. The third-order valence-electron chi connectivity index (χ3n) is 11.1. The Morgan fingerprint density at radius 1 is 0.281 bits per heavy atom. The molecule has 11 rings (SSSR count). The van der Waals surface area contributed by atoms with Gasteiger partial charge in [0.25, 0.3) is 0 Å². The summed E-state index contributed by atoms with van der Waals surface area (Å²) >= 11 is 0. The third kappa shape index (κ3) is 5.94. The number of fused-ring (bicyclic) bond motifs is 5. The van der Waals surface area contributed by atoms with Crippen LogP contribution in [0, 0.1) is 0 Å². The van der Waals surface area contributed by atoms with Gasteiger partial charge in [-0.3, -0.25) is 0 Å². The van der Waals surface area contributed by atoms with Crippen molar-refractivity contribution in [2.24, 2.45) is 0 Å². The lowest BCUT2D eigenvalue weighted by Gasteiger charge is -2.15. The zero-order valence-electron chi connectivity index (χ0n) is 30.9. The molecule has 57 heavy (non-hydrogen) atoms. The van der Waals surface area contributed by atoms with Crippen LogP contribution in [0.4, 0.5) is 0 Å². The fourth-order valence-electron chi connectivity index (χ4n) is 8.22. The summed E-state index contributed by atoms with van der Waals surface area (Å²) in [4.78, 5) is 10.6. The van der Waals surface area contributed by atoms with Gasteiger partial charge in [0.1, 0.15) is 11.2 Å². The molecule has 3 heteroatoms. The van der Waals surface area contributed by atoms with Crippen molar-refractivity contribution in [1.29, 1.82) is 0 Å². The lowest BCUT2D eigenvalue weighted by molar-refractivity contribution is 0.669. The Bertz CT molecular complexity index is 3290. The zero-order valence-corrected chi connectivity index (χ0v) is 30.9. The van der Waals surface area contributed by atoms with Crippen LogP contribution in [-0.4, -0.2) is 9.97 Å². The minimum absolute atomic E-state index is 0.684. The third-order valence-corrected chi connectivity index (χ3v) is 11.1. The number of rotatable bonds is 6. The highest BCUT2D eigenvalue weighted by Gasteiger charge is 2.17. The summed E-state index contributed by atoms with van der Waals surface area (Å²) in [6.45, 7) is 0. The molecule has 0 radical (unpaired) electrons. The fraction of sp³-hybridized carbons (Fsp3) is 0. The van der Waals surface area contributed by atoms with E-state index in [1.54, 1.807) is 0 Å². The van der Waals surface area contributed by atoms with Gasteiger partial charge < -0.3 is 4.42 Å². The number of benzene rings is 9. The molecule has 266 valence electrons. The first-order valence-electron chi connectivity index (χ1n) is 19.3. The Kier molecular flexibility index (Phi) is 7.82. The summed E-state index contributed by atoms with van der Waals surface area (Å²) in [5, 5.41) is 6.96. The van der Waals surface area contributed by atoms with E-state index in [2.05, 4.69) is 176 Å². The van der Waals surface area contributed by atoms with Crippen LogP contribution in [0.1, 0.15) is 0 Å². The van der Waals surface area contributed by atoms with Crippen LogP contribution in [0.5, 0.6) is 0 Å². The standard InChI is InChI=1S/C54H34N2O/c1-3-14-36(15-4-1)44-26-27-47(46-20-10-9-19-45(44)46)51-34-50(55-54(56-51)37-16-5-2-6-17-37)43-31-41(39-24-23-35-13-7-8-18-38(35)29-39)30-42(32-43)40-25-28-53-49(33-40)48-21-11-12-22-52(48)57-53/h1-34H. The van der Waals surface area contributed by atoms with Crippen molar-refractivity contribution in [3.05, 3.63) is 206 Å². The Labute approximate surface area is 330 Å². The van der Waals surface area contributed by atoms with Crippen molar-refractivity contribution in [3.8, 4) is 67.3 Å². The highest BCUT2D eigenvalue weighted by atomic mass is 16.3. The topological polar surface area (TPSA) is 38.9 Å². The predicted octanol–water partition coefficient (Wildman–Crippen LogP) is 14.7. The van der Waals surface area contributed by atoms with Gasteiger partial charge in [0, 0.05) is 27.5 Å². The second kappa shape index (κ2) is 13.6. The van der Waals surface area contributed by atoms with Crippen molar-refractivity contribution in [3.63, 3.8) is 0 Å². The maximum atomic E-state index is 6.23. The van der Waals surface area contributed by atoms with Crippen molar-refractivity contribution in [1.82, 2.24) is 9.97 Å². The zero-order chi connectivity index (χ0) is 37.7. The number of para-hydroxylation sites is 1. The first-order chi connectivity index (χ1) is 28.2. The van der Waals surface area contributed by atoms with E-state index in [0.717, 1.165) is 77.7 Å². The number of aromatic nitrogens is 2. The number of hydrogen-bond acceptors (Lipinski definition) is 3. The smallest absolute Gasteiger partial charge is 0.160 e. The van der Waals surface area contributed by atoms with Gasteiger partial charge in [-0.05, 0) is 103 Å². The van der Waals surface area contributed by atoms with Crippen molar-refractivity contribution < 1.29 is 4.42 Å². The highest BCUT2D eigenvalue weighted by molar-refractivity contribution is 6.07. The van der Waals surface area contributed by atoms with E-state index >= 15 is 0 Å². The van der Waals surface area contributed by atoms with Crippen LogP contribution < -0.4 is 0 Å². The molecule has 0 N–H and O–H groups in total. The van der Waals surface area contributed by atoms with E-state index in [1.165, 1.54) is 27.3 Å². The SMILES string of the molecule is c1ccc(-c2nc(-c3cc(-c4ccc5ccccc5c4)cc(-c4ccc5oc6ccccc6c5c4)c3)cc(-c3ccc(-c4ccccc4)c4ccccc34)n2)cc1. The van der Waals surface area contributed by atoms with Gasteiger partial charge in [-0.1, -0.05) is 158 Å². The molecule has 0 unspecified atom stereocenters. The van der Waals surface area contributed by atoms with Crippen molar-refractivity contribution in [2.75, 3.05) is 0 Å². The van der Waals surface area contributed by atoms with Gasteiger partial charge in [-0.15, -0.1) is 0 Å². The van der Waals surface area contributed by atoms with Crippen LogP contribution >= 0.6 is 0 Å². The monoisotopic (exact) mass is 726 g/mol. The molecule has 11 aromatic rings. The Morgan fingerprint density at radius 3 is 1.63 bits per heavy atom. The van der Waals surface area contributed by atoms with Gasteiger partial charge in [0.2, 0.25) is 0 Å². The maximum absolute atomic E-state index is 6.23. The quantitative estimate of drug-likeness (QED) is 0.171. The molecule has 0 aliphatic heterocycles. The van der Waals surface area contributed by atoms with Crippen molar-refractivity contribution >= 4 is 43.5 Å². The Balaban J connectivity index is 1.14. The van der Waals surface area contributed by atoms with Crippen molar-refractivity contribution in [2.45, 2.75) is 0 Å². The first-order valence-corrected chi connectivity index (χ1v) is 19.3. The summed E-state index contributed by atoms with van der Waals surface area (Å²) in [6.07, 6.45) is 0. The first kappa shape index (κ1) is 32.8. The largest absolute Gasteiger partial charge is 0.456 e. The van der Waals surface area contributed by atoms with Crippen LogP contribution in [-0.2, 0) is 0 Å². The van der Waals surface area contributed by atoms with Crippen LogP contribution in [0.15, 0.2) is 211 Å². The van der Waals surface area contributed by atoms with E-state index in [1.807, 2.05) is 30.3 Å². The average Bonchev–Trinajstić information content (AvgIpc) is 3.67. The molecule has 9 aromatic carbocycles. The Morgan fingerprint density at radius 2 is 0.842 bits per heavy atom. The highest BCUT2D eigenvalue weighted by Crippen LogP contribution is 2.40. The van der Waals surface area contributed by atoms with E-state index in [-0.39, 0.29) is 0 Å². The van der Waals surface area contributed by atoms with Gasteiger partial charge in [-0.2, -0.15) is 0 Å². The molecule has 0 aliphatic carbocycles. The molecule has 2 heterocycles. The van der Waals surface area contributed by atoms with Gasteiger partial charge in [-0.25, -0.2) is 9.97 Å². The van der Waals surface area contributed by atoms with Gasteiger partial charge in [0.15, 0.2) is 5.82 Å². The van der Waals surface area contributed by atoms with Crippen LogP contribution in [0.2, 0.25) is 0 Å². The Hall–Kier alpha value is -7.62. The van der Waals surface area contributed by atoms with Crippen LogP contribution in [0.25, 0.3) is 111 Å². The number of furan rings is 1. The second-order valence-electron chi connectivity index (χ2n) is 14.6. The number of hydrogen-bond donors (Lipinski definition) is 0. The fourth-order valence-corrected chi connectivity index (χ4v) is 8.22. The summed E-state index contributed by atoms with van der Waals surface area (Å²) < 4.78 is 6.23. The lowest BCUT2D eigenvalue weighted by Crippen LogP contribution is -1.97. The second-order valence-corrected chi connectivity index (χ2v) is 14.6. The summed E-state index contributed by atoms with van der Waals surface area (Å²) in [5.74, 6) is 0.684. The van der Waals surface area contributed by atoms with E-state index < -0.39 is 0 Å². The maximum Gasteiger partial charge on any atom is 0.160 e. The molecule has 0 atom stereocenters. The van der Waals surface area contributed by atoms with Gasteiger partial charge in [0.05, 0.1) is 11.4 Å². The lowest BCUT2D eigenvalue weighted by atomic mass is 9.92. The summed E-state index contributed by atoms with van der Waals surface area (Å²) in [5.41, 5.74) is 13.4. The molecule has 0 aliphatic rings. The number of nitrogens with zero attached hydrogens (tertiary/aromatic N) is 2. The molecule has 3 nitrogen and oxygen atoms in total. The molecule has 0 bridgehead atoms. The minimum Gasteiger partial charge on any atom is -0.456 e.